The van der Waals surface area contributed by atoms with E-state index in [9.17, 15) is 4.79 Å². The fourth-order valence-corrected chi connectivity index (χ4v) is 4.13. The average molecular weight is 367 g/mol. The van der Waals surface area contributed by atoms with Crippen LogP contribution in [-0.2, 0) is 13.1 Å². The van der Waals surface area contributed by atoms with Gasteiger partial charge < -0.3 is 5.32 Å². The molecule has 3 aromatic rings. The van der Waals surface area contributed by atoms with Crippen LogP contribution < -0.4 is 5.32 Å². The summed E-state index contributed by atoms with van der Waals surface area (Å²) in [7, 11) is 0. The van der Waals surface area contributed by atoms with E-state index in [2.05, 4.69) is 48.6 Å². The summed E-state index contributed by atoms with van der Waals surface area (Å²) in [5, 5.41) is 9.62. The van der Waals surface area contributed by atoms with E-state index < -0.39 is 0 Å². The average Bonchev–Trinajstić information content (AvgIpc) is 3.34. The van der Waals surface area contributed by atoms with Crippen molar-refractivity contribution in [1.82, 2.24) is 25.0 Å². The molecule has 4 heterocycles. The predicted molar refractivity (Wildman–Crippen MR) is 101 cm³/mol. The zero-order valence-corrected chi connectivity index (χ0v) is 15.2. The molecule has 1 aliphatic rings. The van der Waals surface area contributed by atoms with Crippen LogP contribution in [0.1, 0.15) is 33.4 Å². The number of nitrogens with zero attached hydrogens (tertiary/aromatic N) is 4. The molecule has 0 saturated carbocycles. The molecule has 26 heavy (non-hydrogen) atoms. The van der Waals surface area contributed by atoms with Gasteiger partial charge in [-0.1, -0.05) is 6.07 Å². The van der Waals surface area contributed by atoms with Crippen molar-refractivity contribution in [3.63, 3.8) is 0 Å². The molecule has 7 heteroatoms. The van der Waals surface area contributed by atoms with Gasteiger partial charge in [0.15, 0.2) is 0 Å². The number of hydrogen-bond donors (Lipinski definition) is 1. The maximum absolute atomic E-state index is 12.2. The first-order valence-electron chi connectivity index (χ1n) is 8.75. The first kappa shape index (κ1) is 16.9. The molecule has 0 bridgehead atoms. The van der Waals surface area contributed by atoms with Gasteiger partial charge in [0, 0.05) is 55.2 Å². The van der Waals surface area contributed by atoms with E-state index in [4.69, 9.17) is 0 Å². The number of aromatic nitrogens is 3. The Morgan fingerprint density at radius 1 is 1.23 bits per heavy atom. The maximum Gasteiger partial charge on any atom is 0.251 e. The highest BCUT2D eigenvalue weighted by Gasteiger charge is 2.25. The molecular weight excluding hydrogens is 346 g/mol. The quantitative estimate of drug-likeness (QED) is 0.728. The van der Waals surface area contributed by atoms with Gasteiger partial charge in [0.25, 0.3) is 5.91 Å². The van der Waals surface area contributed by atoms with Crippen molar-refractivity contribution in [2.45, 2.75) is 25.6 Å². The van der Waals surface area contributed by atoms with Gasteiger partial charge in [0.1, 0.15) is 0 Å². The van der Waals surface area contributed by atoms with E-state index in [0.717, 1.165) is 26.1 Å². The van der Waals surface area contributed by atoms with E-state index in [1.165, 1.54) is 10.6 Å². The van der Waals surface area contributed by atoms with Gasteiger partial charge in [0.05, 0.1) is 11.7 Å². The van der Waals surface area contributed by atoms with Crippen LogP contribution in [0.4, 0.5) is 0 Å². The van der Waals surface area contributed by atoms with Crippen molar-refractivity contribution in [3.05, 3.63) is 70.4 Å². The van der Waals surface area contributed by atoms with E-state index in [-0.39, 0.29) is 11.9 Å². The van der Waals surface area contributed by atoms with Crippen molar-refractivity contribution in [1.29, 1.82) is 0 Å². The third-order valence-electron chi connectivity index (χ3n) is 4.62. The fraction of sp³-hybridized carbons (Fsp3) is 0.316. The Kier molecular flexibility index (Phi) is 5.08. The Morgan fingerprint density at radius 3 is 2.92 bits per heavy atom. The summed E-state index contributed by atoms with van der Waals surface area (Å²) in [6.07, 6.45) is 5.99. The Morgan fingerprint density at radius 2 is 2.12 bits per heavy atom. The second kappa shape index (κ2) is 7.80. The number of fused-ring (bicyclic) bond motifs is 1. The molecule has 0 aliphatic carbocycles. The number of carbonyl (C=O) groups is 1. The van der Waals surface area contributed by atoms with Crippen molar-refractivity contribution >= 4 is 17.2 Å². The zero-order chi connectivity index (χ0) is 17.8. The van der Waals surface area contributed by atoms with Gasteiger partial charge >= 0.3 is 0 Å². The van der Waals surface area contributed by atoms with Crippen LogP contribution in [-0.4, -0.2) is 38.7 Å². The van der Waals surface area contributed by atoms with Crippen LogP contribution >= 0.6 is 11.3 Å². The topological polar surface area (TPSA) is 63.1 Å². The second-order valence-corrected chi connectivity index (χ2v) is 7.48. The third-order valence-corrected chi connectivity index (χ3v) is 5.48. The van der Waals surface area contributed by atoms with Gasteiger partial charge in [0.2, 0.25) is 0 Å². The fourth-order valence-electron chi connectivity index (χ4n) is 3.38. The predicted octanol–water partition coefficient (Wildman–Crippen LogP) is 2.72. The molecule has 0 fully saturated rings. The zero-order valence-electron chi connectivity index (χ0n) is 14.4. The lowest BCUT2D eigenvalue weighted by atomic mass is 10.1. The van der Waals surface area contributed by atoms with Crippen LogP contribution in [0.3, 0.4) is 0 Å². The molecule has 1 atom stereocenters. The number of amides is 1. The van der Waals surface area contributed by atoms with E-state index >= 15 is 0 Å². The molecule has 0 spiro atoms. The van der Waals surface area contributed by atoms with Crippen molar-refractivity contribution in [3.8, 4) is 0 Å². The van der Waals surface area contributed by atoms with Crippen molar-refractivity contribution in [2.75, 3.05) is 13.1 Å². The molecule has 0 saturated heterocycles. The highest BCUT2D eigenvalue weighted by atomic mass is 32.1. The smallest absolute Gasteiger partial charge is 0.251 e. The minimum absolute atomic E-state index is 0.0562. The standard InChI is InChI=1S/C19H21N5OS/c25-19(15-3-7-20-8-4-15)21-9-5-16-12-23(14-18-2-1-11-26-18)13-17-6-10-22-24(16)17/h1-4,6-8,10-11,16H,5,9,12-14H2,(H,21,25). The lowest BCUT2D eigenvalue weighted by molar-refractivity contribution is 0.0947. The molecule has 3 aromatic heterocycles. The molecule has 1 unspecified atom stereocenters. The highest BCUT2D eigenvalue weighted by Crippen LogP contribution is 2.25. The van der Waals surface area contributed by atoms with Gasteiger partial charge in [-0.05, 0) is 36.1 Å². The van der Waals surface area contributed by atoms with Gasteiger partial charge in [-0.25, -0.2) is 0 Å². The summed E-state index contributed by atoms with van der Waals surface area (Å²) in [5.41, 5.74) is 1.88. The van der Waals surface area contributed by atoms with Gasteiger partial charge in [-0.15, -0.1) is 11.3 Å². The van der Waals surface area contributed by atoms with E-state index in [1.54, 1.807) is 35.9 Å². The molecular formula is C19H21N5OS. The first-order valence-corrected chi connectivity index (χ1v) is 9.63. The molecule has 0 aromatic carbocycles. The summed E-state index contributed by atoms with van der Waals surface area (Å²) >= 11 is 1.79. The number of carbonyl (C=O) groups excluding carboxylic acids is 1. The number of hydrogen-bond acceptors (Lipinski definition) is 5. The lowest BCUT2D eigenvalue weighted by Gasteiger charge is -2.33. The molecule has 0 radical (unpaired) electrons. The van der Waals surface area contributed by atoms with Crippen LogP contribution in [0.25, 0.3) is 0 Å². The van der Waals surface area contributed by atoms with E-state index in [0.29, 0.717) is 12.1 Å². The number of pyridine rings is 1. The summed E-state index contributed by atoms with van der Waals surface area (Å²) in [6, 6.07) is 10.1. The van der Waals surface area contributed by atoms with E-state index in [1.807, 2.05) is 6.20 Å². The Labute approximate surface area is 156 Å². The largest absolute Gasteiger partial charge is 0.352 e. The Balaban J connectivity index is 1.37. The molecule has 1 aliphatic heterocycles. The SMILES string of the molecule is O=C(NCCC1CN(Cc2cccs2)Cc2ccnn21)c1ccncc1. The minimum atomic E-state index is -0.0562. The van der Waals surface area contributed by atoms with Crippen LogP contribution in [0.15, 0.2) is 54.3 Å². The normalized spacial score (nSPS) is 17.0. The summed E-state index contributed by atoms with van der Waals surface area (Å²) in [5.74, 6) is -0.0562. The monoisotopic (exact) mass is 367 g/mol. The third kappa shape index (κ3) is 3.84. The number of thiophene rings is 1. The number of rotatable bonds is 6. The van der Waals surface area contributed by atoms with Crippen molar-refractivity contribution in [2.24, 2.45) is 0 Å². The Hall–Kier alpha value is -2.51. The summed E-state index contributed by atoms with van der Waals surface area (Å²) < 4.78 is 2.11. The minimum Gasteiger partial charge on any atom is -0.352 e. The molecule has 1 amide bonds. The summed E-state index contributed by atoms with van der Waals surface area (Å²) in [4.78, 5) is 20.0. The summed E-state index contributed by atoms with van der Waals surface area (Å²) in [6.45, 7) is 3.44. The van der Waals surface area contributed by atoms with Crippen LogP contribution in [0.5, 0.6) is 0 Å². The van der Waals surface area contributed by atoms with Gasteiger partial charge in [-0.2, -0.15) is 5.10 Å². The molecule has 4 rings (SSSR count). The van der Waals surface area contributed by atoms with Crippen LogP contribution in [0.2, 0.25) is 0 Å². The first-order chi connectivity index (χ1) is 12.8. The van der Waals surface area contributed by atoms with Gasteiger partial charge in [-0.3, -0.25) is 19.4 Å². The lowest BCUT2D eigenvalue weighted by Crippen LogP contribution is -2.38. The molecule has 1 N–H and O–H groups in total. The highest BCUT2D eigenvalue weighted by molar-refractivity contribution is 7.09. The Bertz CT molecular complexity index is 846. The maximum atomic E-state index is 12.2. The van der Waals surface area contributed by atoms with Crippen LogP contribution in [0, 0.1) is 0 Å². The molecule has 6 nitrogen and oxygen atoms in total. The van der Waals surface area contributed by atoms with Crippen molar-refractivity contribution < 1.29 is 4.79 Å². The second-order valence-electron chi connectivity index (χ2n) is 6.45. The molecule has 134 valence electrons. The number of nitrogens with one attached hydrogen (secondary N) is 1.